The molecule has 202 valence electrons. The second-order valence-corrected chi connectivity index (χ2v) is 22.9. The lowest BCUT2D eigenvalue weighted by atomic mass is 9.38. The summed E-state index contributed by atoms with van der Waals surface area (Å²) in [6.45, 7) is 18.5. The summed E-state index contributed by atoms with van der Waals surface area (Å²) in [6.07, 6.45) is -1.55. The fourth-order valence-corrected chi connectivity index (χ4v) is 11.1. The summed E-state index contributed by atoms with van der Waals surface area (Å²) in [5.41, 5.74) is -0.691. The van der Waals surface area contributed by atoms with Crippen LogP contribution in [0.5, 0.6) is 0 Å². The van der Waals surface area contributed by atoms with E-state index in [1.807, 2.05) is 13.8 Å². The molecule has 11 atom stereocenters. The van der Waals surface area contributed by atoms with Gasteiger partial charge in [-0.15, -0.1) is 0 Å². The van der Waals surface area contributed by atoms with Crippen LogP contribution in [0.15, 0.2) is 11.6 Å². The van der Waals surface area contributed by atoms with E-state index >= 15 is 0 Å². The standard InChI is InChI=1S/C26H42O8Si2/c1-13-10-16(27)21(33-35(4,5)6)24(3)15(13)11-17-25-12-31-26(23(24)25,34-36(7,8)9)20(29)14(2)18(25)19(28)22(30)32-17/h10,14-15,17-21,23,28-29H,11-12H2,1-9H3/t14-,15+,17-,18-,19-,20-,21-,23?,24-,25+,26-/m1/s1. The van der Waals surface area contributed by atoms with Crippen molar-refractivity contribution in [1.82, 2.24) is 0 Å². The van der Waals surface area contributed by atoms with Crippen LogP contribution in [-0.4, -0.2) is 75.4 Å². The van der Waals surface area contributed by atoms with Gasteiger partial charge in [-0.1, -0.05) is 19.4 Å². The maximum atomic E-state index is 13.7. The van der Waals surface area contributed by atoms with Gasteiger partial charge in [0.2, 0.25) is 0 Å². The molecule has 8 nitrogen and oxygen atoms in total. The summed E-state index contributed by atoms with van der Waals surface area (Å²) in [5.74, 6) is -3.85. The van der Waals surface area contributed by atoms with Gasteiger partial charge in [0.15, 0.2) is 34.3 Å². The zero-order chi connectivity index (χ0) is 26.8. The van der Waals surface area contributed by atoms with Crippen molar-refractivity contribution in [1.29, 1.82) is 0 Å². The van der Waals surface area contributed by atoms with Crippen molar-refractivity contribution in [3.8, 4) is 0 Å². The fourth-order valence-electron chi connectivity index (χ4n) is 8.75. The molecule has 5 aliphatic rings. The first-order valence-electron chi connectivity index (χ1n) is 13.2. The second-order valence-electron chi connectivity index (χ2n) is 14.0. The smallest absolute Gasteiger partial charge is 0.335 e. The maximum absolute atomic E-state index is 13.7. The maximum Gasteiger partial charge on any atom is 0.335 e. The van der Waals surface area contributed by atoms with Crippen LogP contribution in [0.2, 0.25) is 39.3 Å². The van der Waals surface area contributed by atoms with Gasteiger partial charge in [-0.25, -0.2) is 4.79 Å². The van der Waals surface area contributed by atoms with Crippen LogP contribution in [0.25, 0.3) is 0 Å². The topological polar surface area (TPSA) is 112 Å². The molecule has 2 bridgehead atoms. The number of aliphatic hydroxyl groups excluding tert-OH is 2. The Kier molecular flexibility index (Phi) is 5.81. The average Bonchev–Trinajstić information content (AvgIpc) is 3.02. The van der Waals surface area contributed by atoms with Gasteiger partial charge in [0.05, 0.1) is 6.61 Å². The van der Waals surface area contributed by atoms with Crippen LogP contribution in [-0.2, 0) is 27.9 Å². The zero-order valence-electron chi connectivity index (χ0n) is 23.0. The van der Waals surface area contributed by atoms with Gasteiger partial charge in [0, 0.05) is 22.7 Å². The summed E-state index contributed by atoms with van der Waals surface area (Å²) in [5, 5.41) is 23.2. The minimum absolute atomic E-state index is 0.0795. The number of ketones is 1. The third-order valence-corrected chi connectivity index (χ3v) is 11.4. The van der Waals surface area contributed by atoms with Crippen molar-refractivity contribution in [3.63, 3.8) is 0 Å². The lowest BCUT2D eigenvalue weighted by Crippen LogP contribution is -2.79. The van der Waals surface area contributed by atoms with E-state index in [1.54, 1.807) is 6.08 Å². The number of esters is 1. The first kappa shape index (κ1) is 26.7. The molecule has 5 rings (SSSR count). The molecule has 2 N–H and O–H groups in total. The number of hydrogen-bond acceptors (Lipinski definition) is 8. The fraction of sp³-hybridized carbons (Fsp3) is 0.846. The van der Waals surface area contributed by atoms with E-state index in [9.17, 15) is 19.8 Å². The van der Waals surface area contributed by atoms with Crippen LogP contribution in [0.3, 0.4) is 0 Å². The molecule has 2 saturated heterocycles. The van der Waals surface area contributed by atoms with E-state index in [1.165, 1.54) is 0 Å². The Hall–Kier alpha value is -0.886. The van der Waals surface area contributed by atoms with Crippen molar-refractivity contribution in [2.75, 3.05) is 6.61 Å². The Balaban J connectivity index is 1.81. The summed E-state index contributed by atoms with van der Waals surface area (Å²) < 4.78 is 26.2. The Labute approximate surface area is 216 Å². The summed E-state index contributed by atoms with van der Waals surface area (Å²) in [7, 11) is -4.50. The molecule has 4 fully saturated rings. The SMILES string of the molecule is CC1=CC(=O)[C@@H](O[Si](C)(C)C)[C@]2(C)C3[C@@]4(O[Si](C)(C)C)OC[C@]35[C@H]([C@@H](C)[C@H]4O)[C@@H](O)C(=O)O[C@@H]5C[C@@H]12. The predicted octanol–water partition coefficient (Wildman–Crippen LogP) is 2.86. The number of ether oxygens (including phenoxy) is 2. The van der Waals surface area contributed by atoms with E-state index in [-0.39, 0.29) is 18.3 Å². The zero-order valence-corrected chi connectivity index (χ0v) is 25.0. The number of aliphatic hydroxyl groups is 2. The second kappa shape index (κ2) is 7.83. The highest BCUT2D eigenvalue weighted by Crippen LogP contribution is 2.74. The molecule has 0 radical (unpaired) electrons. The third kappa shape index (κ3) is 3.34. The number of fused-ring (bicyclic) bond motifs is 1. The van der Waals surface area contributed by atoms with E-state index in [0.29, 0.717) is 6.42 Å². The molecule has 10 heteroatoms. The minimum Gasteiger partial charge on any atom is -0.460 e. The van der Waals surface area contributed by atoms with Gasteiger partial charge in [-0.2, -0.15) is 0 Å². The Morgan fingerprint density at radius 1 is 1.08 bits per heavy atom. The monoisotopic (exact) mass is 538 g/mol. The summed E-state index contributed by atoms with van der Waals surface area (Å²) >= 11 is 0. The molecule has 0 aromatic heterocycles. The lowest BCUT2D eigenvalue weighted by Gasteiger charge is -2.69. The first-order chi connectivity index (χ1) is 16.4. The van der Waals surface area contributed by atoms with Crippen molar-refractivity contribution >= 4 is 28.4 Å². The highest BCUT2D eigenvalue weighted by molar-refractivity contribution is 6.70. The van der Waals surface area contributed by atoms with Crippen molar-refractivity contribution in [2.45, 2.75) is 96.7 Å². The minimum atomic E-state index is -2.31. The van der Waals surface area contributed by atoms with Crippen LogP contribution in [0, 0.1) is 34.5 Å². The van der Waals surface area contributed by atoms with Gasteiger partial charge in [-0.3, -0.25) is 4.79 Å². The van der Waals surface area contributed by atoms with E-state index in [4.69, 9.17) is 18.3 Å². The number of carbonyl (C=O) groups excluding carboxylic acids is 2. The van der Waals surface area contributed by atoms with Crippen LogP contribution < -0.4 is 0 Å². The van der Waals surface area contributed by atoms with Crippen molar-refractivity contribution in [3.05, 3.63) is 11.6 Å². The molecule has 1 unspecified atom stereocenters. The third-order valence-electron chi connectivity index (χ3n) is 9.53. The number of hydrogen-bond donors (Lipinski definition) is 2. The van der Waals surface area contributed by atoms with Gasteiger partial charge in [0.25, 0.3) is 0 Å². The van der Waals surface area contributed by atoms with Gasteiger partial charge in [-0.05, 0) is 70.5 Å². The average molecular weight is 539 g/mol. The molecule has 36 heavy (non-hydrogen) atoms. The van der Waals surface area contributed by atoms with Crippen LogP contribution >= 0.6 is 0 Å². The highest BCUT2D eigenvalue weighted by Gasteiger charge is 2.84. The predicted molar refractivity (Wildman–Crippen MR) is 137 cm³/mol. The summed E-state index contributed by atoms with van der Waals surface area (Å²) in [6, 6.07) is 0. The molecule has 0 aromatic carbocycles. The Morgan fingerprint density at radius 2 is 1.72 bits per heavy atom. The van der Waals surface area contributed by atoms with Crippen LogP contribution in [0.4, 0.5) is 0 Å². The van der Waals surface area contributed by atoms with Gasteiger partial charge in [0.1, 0.15) is 18.3 Å². The Morgan fingerprint density at radius 3 is 2.31 bits per heavy atom. The van der Waals surface area contributed by atoms with Gasteiger partial charge >= 0.3 is 5.97 Å². The van der Waals surface area contributed by atoms with Crippen LogP contribution in [0.1, 0.15) is 27.2 Å². The molecule has 2 aliphatic heterocycles. The number of rotatable bonds is 4. The normalized spacial score (nSPS) is 50.2. The van der Waals surface area contributed by atoms with E-state index in [0.717, 1.165) is 5.57 Å². The molecule has 2 heterocycles. The largest absolute Gasteiger partial charge is 0.460 e. The highest BCUT2D eigenvalue weighted by atomic mass is 28.4. The van der Waals surface area contributed by atoms with E-state index in [2.05, 4.69) is 46.2 Å². The van der Waals surface area contributed by atoms with Gasteiger partial charge < -0.3 is 28.5 Å². The Bertz CT molecular complexity index is 1020. The molecule has 3 aliphatic carbocycles. The molecule has 1 spiro atoms. The lowest BCUT2D eigenvalue weighted by molar-refractivity contribution is -0.331. The molecule has 0 amide bonds. The molecular formula is C26H42O8Si2. The van der Waals surface area contributed by atoms with Crippen molar-refractivity contribution < 1.29 is 38.1 Å². The molecular weight excluding hydrogens is 496 g/mol. The summed E-state index contributed by atoms with van der Waals surface area (Å²) in [4.78, 5) is 26.6. The molecule has 2 saturated carbocycles. The molecule has 0 aromatic rings. The first-order valence-corrected chi connectivity index (χ1v) is 20.0. The number of carbonyl (C=O) groups is 2. The number of allylic oxidation sites excluding steroid dienone is 1. The quantitative estimate of drug-likeness (QED) is 0.415. The van der Waals surface area contributed by atoms with E-state index < -0.39 is 81.4 Å². The van der Waals surface area contributed by atoms with Crippen molar-refractivity contribution in [2.24, 2.45) is 34.5 Å².